The fourth-order valence-corrected chi connectivity index (χ4v) is 7.21. The van der Waals surface area contributed by atoms with Crippen molar-refractivity contribution in [2.75, 3.05) is 7.11 Å². The molecule has 3 aromatic rings. The van der Waals surface area contributed by atoms with Crippen molar-refractivity contribution in [2.24, 2.45) is 0 Å². The number of aromatic hydroxyl groups is 1. The lowest BCUT2D eigenvalue weighted by Gasteiger charge is -2.19. The summed E-state index contributed by atoms with van der Waals surface area (Å²) in [6.45, 7) is 0. The van der Waals surface area contributed by atoms with Gasteiger partial charge in [0.25, 0.3) is 0 Å². The maximum absolute atomic E-state index is 15.2. The van der Waals surface area contributed by atoms with Crippen molar-refractivity contribution in [3.05, 3.63) is 104 Å². The summed E-state index contributed by atoms with van der Waals surface area (Å²) in [7, 11) is 1.73. The standard InChI is InChI=1S/C36H39FO2/c1-39-34-13-7-12-28-16-20-31(35(28)34)36-30-19-14-24(8-6-11-27(30)17-21-33(36)38)22-25-15-18-29(32(37)23-25)26-9-4-2-3-5-10-26/h7-8,11-13,15,17-19,21,23,26,31,38H,2-6,9-10,14,16,20,22H2,1H3. The van der Waals surface area contributed by atoms with Crippen LogP contribution in [0.4, 0.5) is 4.39 Å². The minimum absolute atomic E-state index is 0.0345. The molecule has 1 atom stereocenters. The van der Waals surface area contributed by atoms with Gasteiger partial charge in [-0.15, -0.1) is 0 Å². The van der Waals surface area contributed by atoms with E-state index in [4.69, 9.17) is 4.74 Å². The summed E-state index contributed by atoms with van der Waals surface area (Å²) in [5.41, 5.74) is 6.76. The summed E-state index contributed by atoms with van der Waals surface area (Å²) >= 11 is 0. The Bertz CT molecular complexity index is 1510. The average Bonchev–Trinajstić information content (AvgIpc) is 3.17. The van der Waals surface area contributed by atoms with Crippen molar-refractivity contribution in [3.63, 3.8) is 0 Å². The van der Waals surface area contributed by atoms with Crippen LogP contribution in [-0.4, -0.2) is 12.2 Å². The van der Waals surface area contributed by atoms with Gasteiger partial charge in [-0.1, -0.05) is 79.8 Å². The number of phenols is 1. The van der Waals surface area contributed by atoms with Crippen molar-refractivity contribution >= 4 is 12.2 Å². The summed E-state index contributed by atoms with van der Waals surface area (Å²) in [6, 6.07) is 16.1. The SMILES string of the molecule is COc1cccc2c1C(c1c(O)ccc3c1=CCC(Cc1ccc(C4CCCCCC4)c(F)c1)=CCC=3)CC2. The van der Waals surface area contributed by atoms with Gasteiger partial charge >= 0.3 is 0 Å². The van der Waals surface area contributed by atoms with Gasteiger partial charge in [-0.2, -0.15) is 0 Å². The highest BCUT2D eigenvalue weighted by atomic mass is 19.1. The fourth-order valence-electron chi connectivity index (χ4n) is 7.21. The molecule has 2 nitrogen and oxygen atoms in total. The molecule has 1 N–H and O–H groups in total. The molecular formula is C36H39FO2. The number of phenolic OH excluding ortho intramolecular Hbond substituents is 1. The molecule has 1 saturated carbocycles. The van der Waals surface area contributed by atoms with E-state index in [0.717, 1.165) is 72.6 Å². The third-order valence-electron chi connectivity index (χ3n) is 9.18. The van der Waals surface area contributed by atoms with Crippen LogP contribution in [0.2, 0.25) is 0 Å². The number of halogens is 1. The Kier molecular flexibility index (Phi) is 7.59. The lowest BCUT2D eigenvalue weighted by atomic mass is 9.87. The zero-order valence-corrected chi connectivity index (χ0v) is 23.0. The lowest BCUT2D eigenvalue weighted by Crippen LogP contribution is -2.30. The first-order valence-electron chi connectivity index (χ1n) is 14.8. The molecule has 0 amide bonds. The molecule has 6 rings (SSSR count). The summed E-state index contributed by atoms with van der Waals surface area (Å²) in [4.78, 5) is 0. The average molecular weight is 523 g/mol. The van der Waals surface area contributed by atoms with E-state index in [1.807, 2.05) is 18.2 Å². The predicted molar refractivity (Wildman–Crippen MR) is 157 cm³/mol. The van der Waals surface area contributed by atoms with Gasteiger partial charge in [0.1, 0.15) is 17.3 Å². The van der Waals surface area contributed by atoms with Gasteiger partial charge in [0.05, 0.1) is 7.11 Å². The van der Waals surface area contributed by atoms with Crippen molar-refractivity contribution in [1.82, 2.24) is 0 Å². The van der Waals surface area contributed by atoms with Crippen molar-refractivity contribution < 1.29 is 14.2 Å². The van der Waals surface area contributed by atoms with Gasteiger partial charge in [0.15, 0.2) is 0 Å². The Morgan fingerprint density at radius 3 is 2.54 bits per heavy atom. The second kappa shape index (κ2) is 11.4. The first-order valence-corrected chi connectivity index (χ1v) is 14.8. The Hall–Kier alpha value is -3.33. The van der Waals surface area contributed by atoms with Crippen molar-refractivity contribution in [3.8, 4) is 11.5 Å². The van der Waals surface area contributed by atoms with E-state index in [-0.39, 0.29) is 11.7 Å². The van der Waals surface area contributed by atoms with Gasteiger partial charge in [-0.3, -0.25) is 0 Å². The fraction of sp³-hybridized carbons (Fsp3) is 0.389. The number of hydrogen-bond acceptors (Lipinski definition) is 2. The molecule has 3 heteroatoms. The quantitative estimate of drug-likeness (QED) is 0.276. The molecule has 39 heavy (non-hydrogen) atoms. The molecule has 202 valence electrons. The molecule has 0 saturated heterocycles. The molecule has 0 aromatic heterocycles. The van der Waals surface area contributed by atoms with Crippen molar-refractivity contribution in [1.29, 1.82) is 0 Å². The van der Waals surface area contributed by atoms with Gasteiger partial charge in [-0.25, -0.2) is 4.39 Å². The number of hydrogen-bond donors (Lipinski definition) is 1. The minimum Gasteiger partial charge on any atom is -0.508 e. The van der Waals surface area contributed by atoms with E-state index in [1.165, 1.54) is 47.6 Å². The largest absolute Gasteiger partial charge is 0.508 e. The molecule has 3 aromatic carbocycles. The van der Waals surface area contributed by atoms with Gasteiger partial charge in [0, 0.05) is 17.0 Å². The summed E-state index contributed by atoms with van der Waals surface area (Å²) in [5, 5.41) is 13.4. The second-order valence-corrected chi connectivity index (χ2v) is 11.6. The topological polar surface area (TPSA) is 29.5 Å². The van der Waals surface area contributed by atoms with E-state index in [2.05, 4.69) is 42.5 Å². The number of fused-ring (bicyclic) bond motifs is 2. The first kappa shape index (κ1) is 25.9. The molecule has 0 heterocycles. The normalized spacial score (nSPS) is 19.4. The van der Waals surface area contributed by atoms with E-state index in [1.54, 1.807) is 13.2 Å². The molecule has 1 fully saturated rings. The molecule has 0 radical (unpaired) electrons. The lowest BCUT2D eigenvalue weighted by molar-refractivity contribution is 0.407. The van der Waals surface area contributed by atoms with Crippen LogP contribution < -0.4 is 15.2 Å². The Morgan fingerprint density at radius 2 is 1.74 bits per heavy atom. The van der Waals surface area contributed by atoms with Gasteiger partial charge in [-0.05, 0) is 96.2 Å². The predicted octanol–water partition coefficient (Wildman–Crippen LogP) is 7.58. The number of methoxy groups -OCH3 is 1. The molecule has 0 aliphatic heterocycles. The van der Waals surface area contributed by atoms with E-state index < -0.39 is 0 Å². The highest BCUT2D eigenvalue weighted by molar-refractivity contribution is 5.56. The molecule has 3 aliphatic rings. The minimum atomic E-state index is -0.0345. The third-order valence-corrected chi connectivity index (χ3v) is 9.18. The summed E-state index contributed by atoms with van der Waals surface area (Å²) in [5.74, 6) is 1.69. The van der Waals surface area contributed by atoms with Crippen LogP contribution in [0.15, 0.2) is 60.2 Å². The Morgan fingerprint density at radius 1 is 0.897 bits per heavy atom. The van der Waals surface area contributed by atoms with Crippen molar-refractivity contribution in [2.45, 2.75) is 82.5 Å². The maximum Gasteiger partial charge on any atom is 0.126 e. The monoisotopic (exact) mass is 522 g/mol. The van der Waals surface area contributed by atoms with Crippen LogP contribution in [0, 0.1) is 5.82 Å². The van der Waals surface area contributed by atoms with Crippen LogP contribution in [0.5, 0.6) is 11.5 Å². The van der Waals surface area contributed by atoms with Crippen LogP contribution in [-0.2, 0) is 12.8 Å². The first-order chi connectivity index (χ1) is 19.1. The Labute approximate surface area is 231 Å². The number of aryl methyl sites for hydroxylation is 1. The zero-order valence-electron chi connectivity index (χ0n) is 23.0. The van der Waals surface area contributed by atoms with Gasteiger partial charge < -0.3 is 9.84 Å². The van der Waals surface area contributed by atoms with E-state index in [0.29, 0.717) is 11.7 Å². The van der Waals surface area contributed by atoms with E-state index in [9.17, 15) is 5.11 Å². The number of allylic oxidation sites excluding steroid dienone is 2. The van der Waals surface area contributed by atoms with Crippen LogP contribution >= 0.6 is 0 Å². The summed E-state index contributed by atoms with van der Waals surface area (Å²) in [6.07, 6.45) is 18.3. The number of benzene rings is 3. The van der Waals surface area contributed by atoms with E-state index >= 15 is 4.39 Å². The highest BCUT2D eigenvalue weighted by Gasteiger charge is 2.30. The third kappa shape index (κ3) is 5.29. The molecule has 0 bridgehead atoms. The second-order valence-electron chi connectivity index (χ2n) is 11.6. The van der Waals surface area contributed by atoms with Crippen LogP contribution in [0.3, 0.4) is 0 Å². The maximum atomic E-state index is 15.2. The number of ether oxygens (including phenoxy) is 1. The number of rotatable bonds is 5. The smallest absolute Gasteiger partial charge is 0.126 e. The van der Waals surface area contributed by atoms with Crippen LogP contribution in [0.25, 0.3) is 12.2 Å². The molecular weight excluding hydrogens is 483 g/mol. The molecule has 0 spiro atoms. The molecule has 3 aliphatic carbocycles. The molecule has 1 unspecified atom stereocenters. The van der Waals surface area contributed by atoms with Gasteiger partial charge in [0.2, 0.25) is 0 Å². The Balaban J connectivity index is 1.29. The highest BCUT2D eigenvalue weighted by Crippen LogP contribution is 2.44. The summed E-state index contributed by atoms with van der Waals surface area (Å²) < 4.78 is 21.0. The zero-order chi connectivity index (χ0) is 26.8. The van der Waals surface area contributed by atoms with Crippen LogP contribution in [0.1, 0.15) is 97.4 Å².